The van der Waals surface area contributed by atoms with E-state index < -0.39 is 0 Å². The third-order valence-corrected chi connectivity index (χ3v) is 4.55. The van der Waals surface area contributed by atoms with Crippen molar-refractivity contribution in [2.45, 2.75) is 26.2 Å². The number of amides is 2. The van der Waals surface area contributed by atoms with Crippen LogP contribution < -0.4 is 16.0 Å². The minimum atomic E-state index is -0.149. The number of carbonyl (C=O) groups excluding carboxylic acids is 2. The van der Waals surface area contributed by atoms with E-state index in [4.69, 9.17) is 5.73 Å². The van der Waals surface area contributed by atoms with Gasteiger partial charge in [-0.3, -0.25) is 9.59 Å². The highest BCUT2D eigenvalue weighted by molar-refractivity contribution is 5.97. The standard InChI is InChI=1S/C20H23N3O2/c1-14-8-9-16(21)13-17(14)20(25)22-11-4-7-19(24)23-12-10-15-5-2-3-6-18(15)23/h2-3,5-6,8-9,13H,4,7,10-12,21H2,1H3,(H,22,25). The zero-order valence-corrected chi connectivity index (χ0v) is 14.4. The Morgan fingerprint density at radius 1 is 1.20 bits per heavy atom. The lowest BCUT2D eigenvalue weighted by Gasteiger charge is -2.17. The van der Waals surface area contributed by atoms with Crippen LogP contribution in [0, 0.1) is 6.92 Å². The molecule has 0 saturated carbocycles. The van der Waals surface area contributed by atoms with Gasteiger partial charge in [-0.2, -0.15) is 0 Å². The topological polar surface area (TPSA) is 75.4 Å². The van der Waals surface area contributed by atoms with Crippen LogP contribution in [0.4, 0.5) is 11.4 Å². The molecule has 0 fully saturated rings. The summed E-state index contributed by atoms with van der Waals surface area (Å²) in [7, 11) is 0. The van der Waals surface area contributed by atoms with E-state index in [0.29, 0.717) is 30.6 Å². The molecule has 3 rings (SSSR count). The molecule has 0 atom stereocenters. The van der Waals surface area contributed by atoms with Crippen LogP contribution in [-0.2, 0) is 11.2 Å². The molecular weight excluding hydrogens is 314 g/mol. The first kappa shape index (κ1) is 17.0. The number of rotatable bonds is 5. The molecule has 1 aliphatic heterocycles. The van der Waals surface area contributed by atoms with Gasteiger partial charge in [0.15, 0.2) is 0 Å². The monoisotopic (exact) mass is 337 g/mol. The molecule has 130 valence electrons. The van der Waals surface area contributed by atoms with Crippen LogP contribution in [0.25, 0.3) is 0 Å². The largest absolute Gasteiger partial charge is 0.399 e. The third kappa shape index (κ3) is 3.82. The molecule has 5 heteroatoms. The summed E-state index contributed by atoms with van der Waals surface area (Å²) in [5, 5.41) is 2.87. The second-order valence-electron chi connectivity index (χ2n) is 6.36. The number of para-hydroxylation sites is 1. The fraction of sp³-hybridized carbons (Fsp3) is 0.300. The molecular formula is C20H23N3O2. The maximum atomic E-state index is 12.4. The lowest BCUT2D eigenvalue weighted by atomic mass is 10.1. The average Bonchev–Trinajstić information content (AvgIpc) is 3.04. The normalized spacial score (nSPS) is 12.8. The highest BCUT2D eigenvalue weighted by Crippen LogP contribution is 2.27. The molecule has 0 spiro atoms. The van der Waals surface area contributed by atoms with Gasteiger partial charge >= 0.3 is 0 Å². The van der Waals surface area contributed by atoms with Gasteiger partial charge in [-0.1, -0.05) is 24.3 Å². The Bertz CT molecular complexity index is 801. The molecule has 0 aromatic heterocycles. The molecule has 5 nitrogen and oxygen atoms in total. The molecule has 0 bridgehead atoms. The van der Waals surface area contributed by atoms with Gasteiger partial charge in [0.25, 0.3) is 5.91 Å². The van der Waals surface area contributed by atoms with Gasteiger partial charge in [0.05, 0.1) is 0 Å². The van der Waals surface area contributed by atoms with Crippen molar-refractivity contribution < 1.29 is 9.59 Å². The predicted octanol–water partition coefficient (Wildman–Crippen LogP) is 2.68. The van der Waals surface area contributed by atoms with Crippen LogP contribution in [0.15, 0.2) is 42.5 Å². The Balaban J connectivity index is 1.48. The van der Waals surface area contributed by atoms with Gasteiger partial charge in [0.2, 0.25) is 5.91 Å². The molecule has 2 aromatic carbocycles. The van der Waals surface area contributed by atoms with Gasteiger partial charge in [0.1, 0.15) is 0 Å². The van der Waals surface area contributed by atoms with E-state index in [1.807, 2.05) is 36.1 Å². The Morgan fingerprint density at radius 3 is 2.84 bits per heavy atom. The molecule has 25 heavy (non-hydrogen) atoms. The Morgan fingerprint density at radius 2 is 2.00 bits per heavy atom. The minimum absolute atomic E-state index is 0.110. The van der Waals surface area contributed by atoms with Crippen molar-refractivity contribution in [3.8, 4) is 0 Å². The fourth-order valence-electron chi connectivity index (χ4n) is 3.15. The van der Waals surface area contributed by atoms with Crippen LogP contribution in [0.3, 0.4) is 0 Å². The number of nitrogens with zero attached hydrogens (tertiary/aromatic N) is 1. The predicted molar refractivity (Wildman–Crippen MR) is 99.7 cm³/mol. The minimum Gasteiger partial charge on any atom is -0.399 e. The summed E-state index contributed by atoms with van der Waals surface area (Å²) in [5.41, 5.74) is 10.0. The number of benzene rings is 2. The number of hydrogen-bond acceptors (Lipinski definition) is 3. The first-order valence-electron chi connectivity index (χ1n) is 8.59. The Kier molecular flexibility index (Phi) is 5.03. The summed E-state index contributed by atoms with van der Waals surface area (Å²) < 4.78 is 0. The van der Waals surface area contributed by atoms with E-state index in [1.165, 1.54) is 5.56 Å². The average molecular weight is 337 g/mol. The third-order valence-electron chi connectivity index (χ3n) is 4.55. The van der Waals surface area contributed by atoms with Crippen LogP contribution in [0.5, 0.6) is 0 Å². The molecule has 3 N–H and O–H groups in total. The fourth-order valence-corrected chi connectivity index (χ4v) is 3.15. The molecule has 0 unspecified atom stereocenters. The summed E-state index contributed by atoms with van der Waals surface area (Å²) in [5.74, 6) is -0.0388. The first-order chi connectivity index (χ1) is 12.1. The van der Waals surface area contributed by atoms with E-state index in [0.717, 1.165) is 24.2 Å². The molecule has 0 saturated heterocycles. The zero-order valence-electron chi connectivity index (χ0n) is 14.4. The summed E-state index contributed by atoms with van der Waals surface area (Å²) in [6, 6.07) is 13.3. The number of aryl methyl sites for hydroxylation is 1. The number of fused-ring (bicyclic) bond motifs is 1. The second kappa shape index (κ2) is 7.38. The summed E-state index contributed by atoms with van der Waals surface area (Å²) in [6.07, 6.45) is 1.95. The molecule has 1 aliphatic rings. The van der Waals surface area contributed by atoms with Crippen molar-refractivity contribution in [3.63, 3.8) is 0 Å². The Labute approximate surface area is 147 Å². The SMILES string of the molecule is Cc1ccc(N)cc1C(=O)NCCCC(=O)N1CCc2ccccc21. The van der Waals surface area contributed by atoms with Crippen LogP contribution in [0.1, 0.15) is 34.3 Å². The number of nitrogens with one attached hydrogen (secondary N) is 1. The molecule has 0 radical (unpaired) electrons. The molecule has 2 amide bonds. The summed E-state index contributed by atoms with van der Waals surface area (Å²) >= 11 is 0. The first-order valence-corrected chi connectivity index (χ1v) is 8.59. The van der Waals surface area contributed by atoms with Crippen molar-refractivity contribution in [1.29, 1.82) is 0 Å². The zero-order chi connectivity index (χ0) is 17.8. The molecule has 2 aromatic rings. The van der Waals surface area contributed by atoms with Gasteiger partial charge < -0.3 is 16.0 Å². The molecule has 1 heterocycles. The van der Waals surface area contributed by atoms with Crippen LogP contribution >= 0.6 is 0 Å². The summed E-state index contributed by atoms with van der Waals surface area (Å²) in [4.78, 5) is 26.5. The van der Waals surface area contributed by atoms with E-state index >= 15 is 0 Å². The van der Waals surface area contributed by atoms with Crippen molar-refractivity contribution in [2.24, 2.45) is 0 Å². The number of nitrogen functional groups attached to an aromatic ring is 1. The van der Waals surface area contributed by atoms with E-state index in [1.54, 1.807) is 12.1 Å². The maximum absolute atomic E-state index is 12.4. The van der Waals surface area contributed by atoms with Gasteiger partial charge in [-0.05, 0) is 49.1 Å². The number of hydrogen-bond donors (Lipinski definition) is 2. The van der Waals surface area contributed by atoms with Crippen molar-refractivity contribution >= 4 is 23.2 Å². The lowest BCUT2D eigenvalue weighted by molar-refractivity contribution is -0.118. The van der Waals surface area contributed by atoms with Crippen LogP contribution in [0.2, 0.25) is 0 Å². The van der Waals surface area contributed by atoms with Crippen molar-refractivity contribution in [3.05, 3.63) is 59.2 Å². The van der Waals surface area contributed by atoms with Crippen LogP contribution in [-0.4, -0.2) is 24.9 Å². The maximum Gasteiger partial charge on any atom is 0.251 e. The highest BCUT2D eigenvalue weighted by Gasteiger charge is 2.23. The Hall–Kier alpha value is -2.82. The highest BCUT2D eigenvalue weighted by atomic mass is 16.2. The second-order valence-corrected chi connectivity index (χ2v) is 6.36. The van der Waals surface area contributed by atoms with E-state index in [2.05, 4.69) is 11.4 Å². The lowest BCUT2D eigenvalue weighted by Crippen LogP contribution is -2.30. The molecule has 0 aliphatic carbocycles. The summed E-state index contributed by atoms with van der Waals surface area (Å²) in [6.45, 7) is 3.09. The van der Waals surface area contributed by atoms with Crippen molar-refractivity contribution in [1.82, 2.24) is 5.32 Å². The quantitative estimate of drug-likeness (QED) is 0.650. The van der Waals surface area contributed by atoms with Gasteiger partial charge in [-0.25, -0.2) is 0 Å². The number of anilines is 2. The smallest absolute Gasteiger partial charge is 0.251 e. The van der Waals surface area contributed by atoms with Gasteiger partial charge in [0, 0.05) is 36.4 Å². The van der Waals surface area contributed by atoms with E-state index in [9.17, 15) is 9.59 Å². The number of nitrogens with two attached hydrogens (primary N) is 1. The van der Waals surface area contributed by atoms with E-state index in [-0.39, 0.29) is 11.8 Å². The van der Waals surface area contributed by atoms with Gasteiger partial charge in [-0.15, -0.1) is 0 Å². The van der Waals surface area contributed by atoms with Crippen molar-refractivity contribution in [2.75, 3.05) is 23.7 Å². The number of carbonyl (C=O) groups is 2.